The number of ether oxygens (including phenoxy) is 2. The van der Waals surface area contributed by atoms with Crippen LogP contribution in [0.25, 0.3) is 0 Å². The number of fused-ring (bicyclic) bond motifs is 2. The van der Waals surface area contributed by atoms with Crippen LogP contribution in [-0.4, -0.2) is 87.7 Å². The molecule has 4 aliphatic rings. The fraction of sp³-hybridized carbons (Fsp3) is 0.512. The number of hydrogen-bond donors (Lipinski definition) is 2. The normalized spacial score (nSPS) is 29.8. The van der Waals surface area contributed by atoms with Crippen LogP contribution in [0.3, 0.4) is 0 Å². The van der Waals surface area contributed by atoms with Crippen molar-refractivity contribution in [1.82, 2.24) is 15.1 Å². The number of carbonyl (C=O) groups is 4. The summed E-state index contributed by atoms with van der Waals surface area (Å²) in [5, 5.41) is 14.0. The van der Waals surface area contributed by atoms with Gasteiger partial charge in [0.05, 0.1) is 30.5 Å². The van der Waals surface area contributed by atoms with Crippen molar-refractivity contribution in [3.8, 4) is 0 Å². The molecule has 2 saturated heterocycles. The Labute approximate surface area is 314 Å². The topological polar surface area (TPSA) is 125 Å². The number of carbonyl (C=O) groups excluding carboxylic acids is 4. The summed E-state index contributed by atoms with van der Waals surface area (Å²) in [6.07, 6.45) is 6.22. The molecule has 278 valence electrons. The van der Waals surface area contributed by atoms with E-state index in [1.54, 1.807) is 11.0 Å². The van der Waals surface area contributed by atoms with E-state index in [4.69, 9.17) is 9.47 Å². The molecule has 0 radical (unpaired) electrons. The van der Waals surface area contributed by atoms with Crippen LogP contribution in [0.15, 0.2) is 83.4 Å². The summed E-state index contributed by atoms with van der Waals surface area (Å²) >= 11 is 3.66. The van der Waals surface area contributed by atoms with Gasteiger partial charge in [-0.05, 0) is 55.7 Å². The van der Waals surface area contributed by atoms with Gasteiger partial charge in [0.25, 0.3) is 0 Å². The number of likely N-dealkylation sites (tertiary alicyclic amines) is 1. The van der Waals surface area contributed by atoms with Crippen LogP contribution >= 0.6 is 15.9 Å². The fourth-order valence-electron chi connectivity index (χ4n) is 8.86. The van der Waals surface area contributed by atoms with Gasteiger partial charge in [-0.15, -0.1) is 0 Å². The summed E-state index contributed by atoms with van der Waals surface area (Å²) in [7, 11) is 0. The summed E-state index contributed by atoms with van der Waals surface area (Å²) in [6.45, 7) is 10.1. The molecule has 4 aliphatic heterocycles. The highest BCUT2D eigenvalue weighted by Crippen LogP contribution is 2.59. The summed E-state index contributed by atoms with van der Waals surface area (Å²) in [6, 6.07) is 16.2. The number of nitrogens with one attached hydrogen (secondary N) is 1. The number of benzene rings is 2. The largest absolute Gasteiger partial charge is 0.463 e. The predicted octanol–water partition coefficient (Wildman–Crippen LogP) is 5.26. The second-order valence-electron chi connectivity index (χ2n) is 16.3. The maximum Gasteiger partial charge on any atom is 0.306 e. The van der Waals surface area contributed by atoms with Crippen LogP contribution in [0.5, 0.6) is 0 Å². The molecule has 0 aromatic heterocycles. The Bertz CT molecular complexity index is 1720. The molecule has 52 heavy (non-hydrogen) atoms. The zero-order chi connectivity index (χ0) is 37.4. The van der Waals surface area contributed by atoms with Gasteiger partial charge >= 0.3 is 5.97 Å². The van der Waals surface area contributed by atoms with Crippen molar-refractivity contribution < 1.29 is 33.8 Å². The number of nitrogens with zero attached hydrogens (tertiary/aromatic N) is 2. The number of halogens is 1. The minimum absolute atomic E-state index is 0.0943. The van der Waals surface area contributed by atoms with Crippen LogP contribution in [0.2, 0.25) is 0 Å². The maximum absolute atomic E-state index is 15.5. The van der Waals surface area contributed by atoms with Gasteiger partial charge in [0, 0.05) is 23.0 Å². The quantitative estimate of drug-likeness (QED) is 0.291. The van der Waals surface area contributed by atoms with Gasteiger partial charge in [0.15, 0.2) is 0 Å². The highest BCUT2D eigenvalue weighted by molar-refractivity contribution is 9.11. The molecule has 0 saturated carbocycles. The second kappa shape index (κ2) is 14.9. The van der Waals surface area contributed by atoms with Gasteiger partial charge in [0.2, 0.25) is 17.7 Å². The molecule has 0 unspecified atom stereocenters. The Morgan fingerprint density at radius 1 is 0.962 bits per heavy atom. The predicted molar refractivity (Wildman–Crippen MR) is 200 cm³/mol. The van der Waals surface area contributed by atoms with Crippen LogP contribution in [0.4, 0.5) is 0 Å². The van der Waals surface area contributed by atoms with Crippen LogP contribution < -0.4 is 5.32 Å². The molecular formula is C41H50BrN3O7. The number of aliphatic hydroxyl groups is 1. The van der Waals surface area contributed by atoms with Gasteiger partial charge in [-0.2, -0.15) is 0 Å². The SMILES string of the molecule is CC(C)(C)CC(C)(C)N1C/C=C\CCC(=O)OC[C@@H](c2ccccc2)NC(=O)[C@@H]2[C@H]3O[C@@]4(C=C3Br)[C@H](C1=O)N([C@@H](CO)Cc1ccccc1)C(=O)[C@@H]24. The lowest BCUT2D eigenvalue weighted by molar-refractivity contribution is -0.154. The highest BCUT2D eigenvalue weighted by Gasteiger charge is 2.75. The molecule has 3 amide bonds. The van der Waals surface area contributed by atoms with Crippen LogP contribution in [0, 0.1) is 17.3 Å². The first-order chi connectivity index (χ1) is 24.7. The molecule has 11 heteroatoms. The van der Waals surface area contributed by atoms with Crippen LogP contribution in [0.1, 0.15) is 71.0 Å². The summed E-state index contributed by atoms with van der Waals surface area (Å²) in [4.78, 5) is 61.2. The van der Waals surface area contributed by atoms with Gasteiger partial charge in [0.1, 0.15) is 24.4 Å². The summed E-state index contributed by atoms with van der Waals surface area (Å²) in [5.74, 6) is -3.65. The molecule has 5 bridgehead atoms. The molecule has 4 heterocycles. The molecule has 2 aromatic rings. The molecule has 2 fully saturated rings. The minimum atomic E-state index is -1.48. The van der Waals surface area contributed by atoms with Crippen molar-refractivity contribution in [2.45, 2.75) is 95.7 Å². The third kappa shape index (κ3) is 7.37. The Hall–Kier alpha value is -3.80. The Balaban J connectivity index is 1.49. The number of hydrogen-bond acceptors (Lipinski definition) is 7. The Kier molecular flexibility index (Phi) is 10.9. The molecule has 1 spiro atoms. The van der Waals surface area contributed by atoms with Crippen molar-refractivity contribution in [2.75, 3.05) is 19.8 Å². The van der Waals surface area contributed by atoms with E-state index >= 15 is 9.59 Å². The van der Waals surface area contributed by atoms with Crippen molar-refractivity contribution in [3.63, 3.8) is 0 Å². The molecule has 7 atom stereocenters. The third-order valence-electron chi connectivity index (χ3n) is 10.7. The molecule has 2 aromatic carbocycles. The minimum Gasteiger partial charge on any atom is -0.463 e. The van der Waals surface area contributed by atoms with E-state index in [9.17, 15) is 14.7 Å². The van der Waals surface area contributed by atoms with Gasteiger partial charge in [-0.3, -0.25) is 19.2 Å². The standard InChI is InChI=1S/C41H50BrN3O7/c1-39(2,3)25-40(4,5)44-20-14-8-13-19-31(47)51-24-30(27-17-11-7-12-18-27)43-36(48)32-33-37(49)45(28(23-46)21-26-15-9-6-10-16-26)35(38(44)50)41(33)22-29(42)34(32)52-41/h6-12,14-18,22,28,30,32-35,46H,13,19-21,23-25H2,1-5H3,(H,43,48)/b14-8-/t28-,30+,32+,33-,34+,35+,41-/m1/s1. The average molecular weight is 777 g/mol. The Morgan fingerprint density at radius 2 is 1.63 bits per heavy atom. The number of amides is 3. The first kappa shape index (κ1) is 37.9. The van der Waals surface area contributed by atoms with Gasteiger partial charge in [-0.1, -0.05) is 110 Å². The smallest absolute Gasteiger partial charge is 0.306 e. The molecule has 2 N–H and O–H groups in total. The average Bonchev–Trinajstić information content (AvgIpc) is 3.69. The van der Waals surface area contributed by atoms with E-state index in [0.29, 0.717) is 23.7 Å². The van der Waals surface area contributed by atoms with E-state index in [2.05, 4.69) is 42.0 Å². The lowest BCUT2D eigenvalue weighted by atomic mass is 9.73. The van der Waals surface area contributed by atoms with Crippen LogP contribution in [-0.2, 0) is 35.1 Å². The van der Waals surface area contributed by atoms with Crippen molar-refractivity contribution in [3.05, 3.63) is 94.5 Å². The zero-order valence-corrected chi connectivity index (χ0v) is 32.2. The number of esters is 1. The second-order valence-corrected chi connectivity index (χ2v) is 17.2. The van der Waals surface area contributed by atoms with Gasteiger partial charge < -0.3 is 29.7 Å². The zero-order valence-electron chi connectivity index (χ0n) is 30.6. The molecule has 10 nitrogen and oxygen atoms in total. The first-order valence-electron chi connectivity index (χ1n) is 18.2. The summed E-state index contributed by atoms with van der Waals surface area (Å²) in [5.41, 5.74) is -0.680. The lowest BCUT2D eigenvalue weighted by Crippen LogP contribution is -2.62. The first-order valence-corrected chi connectivity index (χ1v) is 19.0. The van der Waals surface area contributed by atoms with E-state index in [0.717, 1.165) is 11.1 Å². The molecular weight excluding hydrogens is 726 g/mol. The summed E-state index contributed by atoms with van der Waals surface area (Å²) < 4.78 is 13.0. The lowest BCUT2D eigenvalue weighted by Gasteiger charge is -2.46. The monoisotopic (exact) mass is 775 g/mol. The fourth-order valence-corrected chi connectivity index (χ4v) is 9.60. The van der Waals surface area contributed by atoms with Crippen molar-refractivity contribution >= 4 is 39.6 Å². The van der Waals surface area contributed by atoms with Crippen molar-refractivity contribution in [1.29, 1.82) is 0 Å². The maximum atomic E-state index is 15.5. The Morgan fingerprint density at radius 3 is 2.29 bits per heavy atom. The van der Waals surface area contributed by atoms with E-state index in [1.807, 2.05) is 86.7 Å². The van der Waals surface area contributed by atoms with Crippen molar-refractivity contribution in [2.24, 2.45) is 17.3 Å². The third-order valence-corrected chi connectivity index (χ3v) is 11.4. The van der Waals surface area contributed by atoms with E-state index in [-0.39, 0.29) is 30.9 Å². The number of cyclic esters (lactones) is 1. The molecule has 0 aliphatic carbocycles. The number of aliphatic hydroxyl groups excluding tert-OH is 1. The molecule has 6 rings (SSSR count). The van der Waals surface area contributed by atoms with Gasteiger partial charge in [-0.25, -0.2) is 0 Å². The highest BCUT2D eigenvalue weighted by atomic mass is 79.9. The van der Waals surface area contributed by atoms with E-state index in [1.165, 1.54) is 4.90 Å². The number of rotatable bonds is 7. The van der Waals surface area contributed by atoms with E-state index < -0.39 is 71.6 Å². The number of allylic oxidation sites excluding steroid dienone is 1.